The predicted octanol–water partition coefficient (Wildman–Crippen LogP) is 1.86. The van der Waals surface area contributed by atoms with E-state index < -0.39 is 5.60 Å². The molecule has 0 heterocycles. The van der Waals surface area contributed by atoms with E-state index in [4.69, 9.17) is 4.74 Å². The number of carbonyl (C=O) groups is 1. The molecular weight excluding hydrogens is 230 g/mol. The zero-order valence-corrected chi connectivity index (χ0v) is 11.9. The van der Waals surface area contributed by atoms with Gasteiger partial charge in [-0.1, -0.05) is 0 Å². The van der Waals surface area contributed by atoms with E-state index >= 15 is 0 Å². The summed E-state index contributed by atoms with van der Waals surface area (Å²) in [6.45, 7) is 7.26. The van der Waals surface area contributed by atoms with Crippen LogP contribution in [0.25, 0.3) is 0 Å². The molecule has 0 aromatic heterocycles. The molecule has 0 bridgehead atoms. The van der Waals surface area contributed by atoms with Crippen molar-refractivity contribution in [2.24, 2.45) is 5.92 Å². The van der Waals surface area contributed by atoms with E-state index in [2.05, 4.69) is 5.32 Å². The van der Waals surface area contributed by atoms with Crippen molar-refractivity contribution in [2.75, 3.05) is 13.1 Å². The molecule has 0 aliphatic heterocycles. The summed E-state index contributed by atoms with van der Waals surface area (Å²) < 4.78 is 5.23. The molecule has 1 aliphatic rings. The van der Waals surface area contributed by atoms with Crippen molar-refractivity contribution in [2.45, 2.75) is 64.6 Å². The van der Waals surface area contributed by atoms with Crippen LogP contribution in [-0.4, -0.2) is 35.9 Å². The lowest BCUT2D eigenvalue weighted by molar-refractivity contribution is -0.154. The Morgan fingerprint density at radius 1 is 1.28 bits per heavy atom. The molecule has 1 rings (SSSR count). The maximum absolute atomic E-state index is 11.5. The number of aliphatic hydroxyl groups is 1. The number of esters is 1. The summed E-state index contributed by atoms with van der Waals surface area (Å²) in [6, 6.07) is 0. The first-order valence-electron chi connectivity index (χ1n) is 6.97. The Balaban J connectivity index is 2.03. The van der Waals surface area contributed by atoms with E-state index in [-0.39, 0.29) is 12.1 Å². The molecule has 0 spiro atoms. The van der Waals surface area contributed by atoms with Crippen LogP contribution in [0, 0.1) is 5.92 Å². The lowest BCUT2D eigenvalue weighted by atomic mass is 9.87. The molecule has 106 valence electrons. The van der Waals surface area contributed by atoms with Crippen molar-refractivity contribution in [3.8, 4) is 0 Å². The van der Waals surface area contributed by atoms with E-state index in [1.165, 1.54) is 0 Å². The van der Waals surface area contributed by atoms with Gasteiger partial charge in [0.1, 0.15) is 5.60 Å². The molecule has 4 nitrogen and oxygen atoms in total. The summed E-state index contributed by atoms with van der Waals surface area (Å²) in [5.41, 5.74) is -0.392. The third-order valence-electron chi connectivity index (χ3n) is 3.18. The van der Waals surface area contributed by atoms with Gasteiger partial charge in [0.25, 0.3) is 0 Å². The second-order valence-corrected chi connectivity index (χ2v) is 6.22. The van der Waals surface area contributed by atoms with E-state index in [9.17, 15) is 9.90 Å². The molecule has 18 heavy (non-hydrogen) atoms. The Kier molecular flexibility index (Phi) is 6.09. The molecule has 0 radical (unpaired) electrons. The minimum absolute atomic E-state index is 0.0944. The maximum Gasteiger partial charge on any atom is 0.307 e. The highest BCUT2D eigenvalue weighted by Gasteiger charge is 2.19. The van der Waals surface area contributed by atoms with E-state index in [1.807, 2.05) is 20.8 Å². The monoisotopic (exact) mass is 257 g/mol. The number of hydrogen-bond donors (Lipinski definition) is 2. The van der Waals surface area contributed by atoms with Crippen LogP contribution in [0.5, 0.6) is 0 Å². The van der Waals surface area contributed by atoms with Crippen LogP contribution in [0.15, 0.2) is 0 Å². The topological polar surface area (TPSA) is 58.6 Å². The predicted molar refractivity (Wildman–Crippen MR) is 71.3 cm³/mol. The van der Waals surface area contributed by atoms with E-state index in [0.29, 0.717) is 18.9 Å². The Morgan fingerprint density at radius 3 is 2.44 bits per heavy atom. The molecule has 1 fully saturated rings. The first-order valence-corrected chi connectivity index (χ1v) is 6.97. The van der Waals surface area contributed by atoms with Crippen molar-refractivity contribution in [1.29, 1.82) is 0 Å². The van der Waals surface area contributed by atoms with Crippen molar-refractivity contribution in [3.05, 3.63) is 0 Å². The van der Waals surface area contributed by atoms with E-state index in [1.54, 1.807) is 0 Å². The highest BCUT2D eigenvalue weighted by Crippen LogP contribution is 2.23. The zero-order chi connectivity index (χ0) is 13.6. The van der Waals surface area contributed by atoms with Crippen LogP contribution in [0.2, 0.25) is 0 Å². The number of nitrogens with one attached hydrogen (secondary N) is 1. The van der Waals surface area contributed by atoms with Crippen molar-refractivity contribution < 1.29 is 14.6 Å². The quantitative estimate of drug-likeness (QED) is 0.583. The molecule has 2 N–H and O–H groups in total. The molecule has 0 aromatic carbocycles. The lowest BCUT2D eigenvalue weighted by Gasteiger charge is -2.25. The second kappa shape index (κ2) is 7.10. The summed E-state index contributed by atoms with van der Waals surface area (Å²) in [5, 5.41) is 12.7. The van der Waals surface area contributed by atoms with Gasteiger partial charge in [0, 0.05) is 6.54 Å². The van der Waals surface area contributed by atoms with Gasteiger partial charge in [-0.15, -0.1) is 0 Å². The van der Waals surface area contributed by atoms with Gasteiger partial charge in [-0.3, -0.25) is 4.79 Å². The summed E-state index contributed by atoms with van der Waals surface area (Å²) >= 11 is 0. The van der Waals surface area contributed by atoms with Gasteiger partial charge in [-0.2, -0.15) is 0 Å². The Hall–Kier alpha value is -0.610. The molecule has 0 aromatic rings. The fourth-order valence-electron chi connectivity index (χ4n) is 2.24. The fraction of sp³-hybridized carbons (Fsp3) is 0.929. The van der Waals surface area contributed by atoms with Gasteiger partial charge in [0.15, 0.2) is 0 Å². The SMILES string of the molecule is CC(C)(C)OC(=O)CCNCC1CCC(O)CC1. The number of carbonyl (C=O) groups excluding carboxylic acids is 1. The number of ether oxygens (including phenoxy) is 1. The third kappa shape index (κ3) is 6.97. The van der Waals surface area contributed by atoms with Crippen LogP contribution in [0.4, 0.5) is 0 Å². The average Bonchev–Trinajstić information content (AvgIpc) is 2.24. The minimum Gasteiger partial charge on any atom is -0.460 e. The van der Waals surface area contributed by atoms with Crippen molar-refractivity contribution in [1.82, 2.24) is 5.32 Å². The first-order chi connectivity index (χ1) is 8.37. The summed E-state index contributed by atoms with van der Waals surface area (Å²) in [6.07, 6.45) is 4.33. The lowest BCUT2D eigenvalue weighted by Crippen LogP contribution is -2.31. The van der Waals surface area contributed by atoms with Gasteiger partial charge < -0.3 is 15.2 Å². The van der Waals surface area contributed by atoms with Crippen LogP contribution in [0.3, 0.4) is 0 Å². The van der Waals surface area contributed by atoms with Gasteiger partial charge >= 0.3 is 5.97 Å². The second-order valence-electron chi connectivity index (χ2n) is 6.22. The van der Waals surface area contributed by atoms with Gasteiger partial charge in [-0.05, 0) is 58.9 Å². The first kappa shape index (κ1) is 15.4. The Labute approximate surface area is 110 Å². The highest BCUT2D eigenvalue weighted by molar-refractivity contribution is 5.70. The van der Waals surface area contributed by atoms with Crippen LogP contribution >= 0.6 is 0 Å². The minimum atomic E-state index is -0.392. The van der Waals surface area contributed by atoms with Gasteiger partial charge in [-0.25, -0.2) is 0 Å². The normalized spacial score (nSPS) is 24.9. The molecule has 1 aliphatic carbocycles. The standard InChI is InChI=1S/C14H27NO3/c1-14(2,3)18-13(17)8-9-15-10-11-4-6-12(16)7-5-11/h11-12,15-16H,4-10H2,1-3H3. The molecule has 0 saturated heterocycles. The smallest absolute Gasteiger partial charge is 0.307 e. The van der Waals surface area contributed by atoms with Crippen LogP contribution in [-0.2, 0) is 9.53 Å². The van der Waals surface area contributed by atoms with Gasteiger partial charge in [0.05, 0.1) is 12.5 Å². The average molecular weight is 257 g/mol. The molecule has 0 atom stereocenters. The molecule has 0 unspecified atom stereocenters. The molecule has 0 amide bonds. The summed E-state index contributed by atoms with van der Waals surface area (Å²) in [5.74, 6) is 0.501. The number of hydrogen-bond acceptors (Lipinski definition) is 4. The third-order valence-corrected chi connectivity index (χ3v) is 3.18. The van der Waals surface area contributed by atoms with Crippen molar-refractivity contribution in [3.63, 3.8) is 0 Å². The molecule has 4 heteroatoms. The van der Waals surface area contributed by atoms with Crippen LogP contribution < -0.4 is 5.32 Å². The molecule has 1 saturated carbocycles. The number of aliphatic hydroxyl groups excluding tert-OH is 1. The maximum atomic E-state index is 11.5. The highest BCUT2D eigenvalue weighted by atomic mass is 16.6. The fourth-order valence-corrected chi connectivity index (χ4v) is 2.24. The largest absolute Gasteiger partial charge is 0.460 e. The Bertz CT molecular complexity index is 252. The summed E-state index contributed by atoms with van der Waals surface area (Å²) in [7, 11) is 0. The zero-order valence-electron chi connectivity index (χ0n) is 11.9. The van der Waals surface area contributed by atoms with Gasteiger partial charge in [0.2, 0.25) is 0 Å². The van der Waals surface area contributed by atoms with Crippen LogP contribution in [0.1, 0.15) is 52.9 Å². The number of rotatable bonds is 5. The molecular formula is C14H27NO3. The van der Waals surface area contributed by atoms with Crippen molar-refractivity contribution >= 4 is 5.97 Å². The van der Waals surface area contributed by atoms with E-state index in [0.717, 1.165) is 32.2 Å². The Morgan fingerprint density at radius 2 is 1.89 bits per heavy atom. The summed E-state index contributed by atoms with van der Waals surface area (Å²) in [4.78, 5) is 11.5.